The predicted octanol–water partition coefficient (Wildman–Crippen LogP) is 4.54. The fourth-order valence-corrected chi connectivity index (χ4v) is 3.28. The van der Waals surface area contributed by atoms with Gasteiger partial charge in [0.05, 0.1) is 0 Å². The van der Waals surface area contributed by atoms with Gasteiger partial charge in [-0.2, -0.15) is 0 Å². The number of urea groups is 1. The smallest absolute Gasteiger partial charge is 0.319 e. The molecule has 7 nitrogen and oxygen atoms in total. The molecule has 0 unspecified atom stereocenters. The molecular formula is C26H29ClN4O3. The zero-order valence-corrected chi connectivity index (χ0v) is 20.0. The molecule has 0 aromatic heterocycles. The number of hydrogen-bond donors (Lipinski definition) is 3. The van der Waals surface area contributed by atoms with Crippen LogP contribution in [0.25, 0.3) is 0 Å². The summed E-state index contributed by atoms with van der Waals surface area (Å²) in [4.78, 5) is 27.4. The molecule has 3 aromatic carbocycles. The number of hydrogen-bond acceptors (Lipinski definition) is 4. The van der Waals surface area contributed by atoms with E-state index in [1.54, 1.807) is 48.5 Å². The van der Waals surface area contributed by atoms with Crippen LogP contribution in [-0.2, 0) is 11.2 Å². The van der Waals surface area contributed by atoms with Gasteiger partial charge in [0.15, 0.2) is 0 Å². The Morgan fingerprint density at radius 3 is 2.15 bits per heavy atom. The summed E-state index contributed by atoms with van der Waals surface area (Å²) in [5, 5.41) is 9.09. The highest BCUT2D eigenvalue weighted by Crippen LogP contribution is 2.24. The monoisotopic (exact) mass is 480 g/mol. The highest BCUT2D eigenvalue weighted by Gasteiger charge is 2.21. The summed E-state index contributed by atoms with van der Waals surface area (Å²) < 4.78 is 5.77. The van der Waals surface area contributed by atoms with Crippen molar-refractivity contribution in [2.75, 3.05) is 32.5 Å². The molecule has 0 saturated carbocycles. The first-order valence-corrected chi connectivity index (χ1v) is 11.3. The van der Waals surface area contributed by atoms with Crippen molar-refractivity contribution in [3.8, 4) is 11.5 Å². The molecule has 0 aliphatic carbocycles. The third-order valence-corrected chi connectivity index (χ3v) is 5.18. The second-order valence-electron chi connectivity index (χ2n) is 8.02. The van der Waals surface area contributed by atoms with Crippen molar-refractivity contribution >= 4 is 29.2 Å². The van der Waals surface area contributed by atoms with Gasteiger partial charge < -0.3 is 25.6 Å². The fraction of sp³-hybridized carbons (Fsp3) is 0.231. The van der Waals surface area contributed by atoms with Crippen LogP contribution in [0, 0.1) is 0 Å². The van der Waals surface area contributed by atoms with E-state index >= 15 is 0 Å². The number of rotatable bonds is 10. The van der Waals surface area contributed by atoms with Crippen LogP contribution in [-0.4, -0.2) is 50.1 Å². The van der Waals surface area contributed by atoms with E-state index in [0.29, 0.717) is 41.7 Å². The van der Waals surface area contributed by atoms with Crippen LogP contribution in [0.2, 0.25) is 5.02 Å². The van der Waals surface area contributed by atoms with Gasteiger partial charge in [-0.1, -0.05) is 41.9 Å². The second kappa shape index (κ2) is 12.6. The molecule has 0 radical (unpaired) electrons. The third kappa shape index (κ3) is 8.42. The van der Waals surface area contributed by atoms with Gasteiger partial charge in [0.1, 0.15) is 17.5 Å². The topological polar surface area (TPSA) is 82.7 Å². The molecule has 3 rings (SSSR count). The Hall–Kier alpha value is -3.55. The normalized spacial score (nSPS) is 11.5. The molecule has 34 heavy (non-hydrogen) atoms. The summed E-state index contributed by atoms with van der Waals surface area (Å²) in [6, 6.07) is 22.4. The Morgan fingerprint density at radius 1 is 0.912 bits per heavy atom. The Balaban J connectivity index is 1.58. The number of carbonyl (C=O) groups excluding carboxylic acids is 2. The maximum Gasteiger partial charge on any atom is 0.319 e. The highest BCUT2D eigenvalue weighted by molar-refractivity contribution is 6.30. The average Bonchev–Trinajstić information content (AvgIpc) is 2.82. The van der Waals surface area contributed by atoms with Crippen LogP contribution in [0.3, 0.4) is 0 Å². The molecule has 3 aromatic rings. The number of benzene rings is 3. The van der Waals surface area contributed by atoms with Gasteiger partial charge in [-0.15, -0.1) is 0 Å². The van der Waals surface area contributed by atoms with Crippen molar-refractivity contribution in [1.29, 1.82) is 0 Å². The number of nitrogens with one attached hydrogen (secondary N) is 3. The first-order valence-electron chi connectivity index (χ1n) is 11.0. The molecule has 3 amide bonds. The lowest BCUT2D eigenvalue weighted by Gasteiger charge is -2.20. The van der Waals surface area contributed by atoms with E-state index < -0.39 is 12.1 Å². The van der Waals surface area contributed by atoms with Gasteiger partial charge in [0.25, 0.3) is 0 Å². The molecule has 0 aliphatic rings. The zero-order valence-electron chi connectivity index (χ0n) is 19.3. The van der Waals surface area contributed by atoms with Gasteiger partial charge in [-0.05, 0) is 68.2 Å². The molecule has 178 valence electrons. The van der Waals surface area contributed by atoms with Crippen molar-refractivity contribution < 1.29 is 14.3 Å². The average molecular weight is 481 g/mol. The lowest BCUT2D eigenvalue weighted by molar-refractivity contribution is -0.122. The zero-order chi connectivity index (χ0) is 24.3. The number of amides is 3. The third-order valence-electron chi connectivity index (χ3n) is 4.92. The van der Waals surface area contributed by atoms with Crippen LogP contribution in [0.5, 0.6) is 11.5 Å². The van der Waals surface area contributed by atoms with Crippen molar-refractivity contribution in [2.24, 2.45) is 0 Å². The summed E-state index contributed by atoms with van der Waals surface area (Å²) in [5.41, 5.74) is 1.53. The molecule has 8 heteroatoms. The summed E-state index contributed by atoms with van der Waals surface area (Å²) in [5.74, 6) is 1.05. The van der Waals surface area contributed by atoms with Crippen LogP contribution in [0.4, 0.5) is 10.5 Å². The van der Waals surface area contributed by atoms with E-state index in [-0.39, 0.29) is 5.91 Å². The second-order valence-corrected chi connectivity index (χ2v) is 8.45. The molecule has 0 saturated heterocycles. The lowest BCUT2D eigenvalue weighted by atomic mass is 10.1. The number of anilines is 1. The minimum Gasteiger partial charge on any atom is -0.457 e. The van der Waals surface area contributed by atoms with E-state index in [4.69, 9.17) is 16.3 Å². The van der Waals surface area contributed by atoms with Crippen molar-refractivity contribution in [2.45, 2.75) is 12.5 Å². The van der Waals surface area contributed by atoms with Crippen LogP contribution < -0.4 is 20.7 Å². The van der Waals surface area contributed by atoms with E-state index in [1.165, 1.54) is 0 Å². The first-order chi connectivity index (χ1) is 16.4. The largest absolute Gasteiger partial charge is 0.457 e. The summed E-state index contributed by atoms with van der Waals surface area (Å²) in [6.07, 6.45) is 0.385. The molecule has 0 spiro atoms. The van der Waals surface area contributed by atoms with Crippen molar-refractivity contribution in [3.63, 3.8) is 0 Å². The Labute approximate surface area is 205 Å². The summed E-state index contributed by atoms with van der Waals surface area (Å²) >= 11 is 5.89. The minimum absolute atomic E-state index is 0.229. The Bertz CT molecular complexity index is 1060. The van der Waals surface area contributed by atoms with Crippen LogP contribution in [0.15, 0.2) is 78.9 Å². The molecule has 0 aliphatic heterocycles. The number of ether oxygens (including phenoxy) is 1. The van der Waals surface area contributed by atoms with Crippen molar-refractivity contribution in [1.82, 2.24) is 15.5 Å². The first kappa shape index (κ1) is 25.1. The Morgan fingerprint density at radius 2 is 1.53 bits per heavy atom. The minimum atomic E-state index is -0.711. The Kier molecular flexibility index (Phi) is 9.31. The predicted molar refractivity (Wildman–Crippen MR) is 136 cm³/mol. The van der Waals surface area contributed by atoms with Gasteiger partial charge in [-0.3, -0.25) is 4.79 Å². The van der Waals surface area contributed by atoms with Gasteiger partial charge in [-0.25, -0.2) is 4.79 Å². The number of carbonyl (C=O) groups is 2. The van der Waals surface area contributed by atoms with E-state index in [9.17, 15) is 9.59 Å². The number of likely N-dealkylation sites (N-methyl/N-ethyl adjacent to an activating group) is 1. The maximum absolute atomic E-state index is 12.8. The van der Waals surface area contributed by atoms with E-state index in [2.05, 4.69) is 16.0 Å². The summed E-state index contributed by atoms with van der Waals surface area (Å²) in [7, 11) is 3.87. The molecular weight excluding hydrogens is 452 g/mol. The van der Waals surface area contributed by atoms with E-state index in [0.717, 1.165) is 5.56 Å². The fourth-order valence-electron chi connectivity index (χ4n) is 3.16. The SMILES string of the molecule is CN(C)CCNC(=O)[C@H](Cc1ccccc1)NC(=O)Nc1ccc(Oc2ccc(Cl)cc2)cc1. The molecule has 0 heterocycles. The quantitative estimate of drug-likeness (QED) is 0.398. The molecule has 0 bridgehead atoms. The van der Waals surface area contributed by atoms with Gasteiger partial charge >= 0.3 is 6.03 Å². The van der Waals surface area contributed by atoms with E-state index in [1.807, 2.05) is 49.3 Å². The highest BCUT2D eigenvalue weighted by atomic mass is 35.5. The van der Waals surface area contributed by atoms with Gasteiger partial charge in [0, 0.05) is 30.2 Å². The molecule has 1 atom stereocenters. The maximum atomic E-state index is 12.8. The number of halogens is 1. The van der Waals surface area contributed by atoms with Crippen LogP contribution >= 0.6 is 11.6 Å². The molecule has 0 fully saturated rings. The molecule has 3 N–H and O–H groups in total. The van der Waals surface area contributed by atoms with Crippen molar-refractivity contribution in [3.05, 3.63) is 89.4 Å². The summed E-state index contributed by atoms with van der Waals surface area (Å²) in [6.45, 7) is 1.20. The lowest BCUT2D eigenvalue weighted by Crippen LogP contribution is -2.50. The number of nitrogens with zero attached hydrogens (tertiary/aromatic N) is 1. The van der Waals surface area contributed by atoms with Gasteiger partial charge in [0.2, 0.25) is 5.91 Å². The van der Waals surface area contributed by atoms with Crippen LogP contribution in [0.1, 0.15) is 5.56 Å². The standard InChI is InChI=1S/C26H29ClN4O3/c1-31(2)17-16-28-25(32)24(18-19-6-4-3-5-7-19)30-26(33)29-21-10-14-23(15-11-21)34-22-12-8-20(27)9-13-22/h3-15,24H,16-18H2,1-2H3,(H,28,32)(H2,29,30,33)/t24-/m0/s1.